The van der Waals surface area contributed by atoms with Gasteiger partial charge >= 0.3 is 0 Å². The van der Waals surface area contributed by atoms with Gasteiger partial charge in [-0.25, -0.2) is 0 Å². The zero-order valence-corrected chi connectivity index (χ0v) is 11.5. The number of ether oxygens (including phenoxy) is 2. The fourth-order valence-electron chi connectivity index (χ4n) is 2.70. The van der Waals surface area contributed by atoms with Gasteiger partial charge < -0.3 is 19.9 Å². The van der Waals surface area contributed by atoms with Crippen molar-refractivity contribution in [2.45, 2.75) is 50.7 Å². The Morgan fingerprint density at radius 3 is 2.78 bits per heavy atom. The highest BCUT2D eigenvalue weighted by Gasteiger charge is 2.44. The zero-order chi connectivity index (χ0) is 12.8. The molecule has 0 spiro atoms. The molecule has 1 saturated heterocycles. The quantitative estimate of drug-likeness (QED) is 0.654. The number of hydrogen-bond donors (Lipinski definition) is 2. The van der Waals surface area contributed by atoms with Crippen LogP contribution in [0.1, 0.15) is 39.0 Å². The molecule has 0 aromatic rings. The van der Waals surface area contributed by atoms with Gasteiger partial charge in [-0.1, -0.05) is 6.92 Å². The Labute approximate surface area is 110 Å². The molecule has 2 fully saturated rings. The molecule has 4 nitrogen and oxygen atoms in total. The van der Waals surface area contributed by atoms with Crippen LogP contribution < -0.4 is 5.32 Å². The lowest BCUT2D eigenvalue weighted by atomic mass is 9.95. The van der Waals surface area contributed by atoms with Crippen LogP contribution in [0.15, 0.2) is 0 Å². The van der Waals surface area contributed by atoms with Gasteiger partial charge in [-0.2, -0.15) is 0 Å². The Hall–Kier alpha value is -0.160. The summed E-state index contributed by atoms with van der Waals surface area (Å²) < 4.78 is 11.4. The van der Waals surface area contributed by atoms with Crippen LogP contribution in [0.2, 0.25) is 0 Å². The monoisotopic (exact) mass is 257 g/mol. The van der Waals surface area contributed by atoms with Gasteiger partial charge in [-0.3, -0.25) is 0 Å². The summed E-state index contributed by atoms with van der Waals surface area (Å²) >= 11 is 0. The van der Waals surface area contributed by atoms with E-state index in [-0.39, 0.29) is 18.2 Å². The van der Waals surface area contributed by atoms with E-state index in [9.17, 15) is 5.11 Å². The van der Waals surface area contributed by atoms with Crippen LogP contribution in [0.4, 0.5) is 0 Å². The summed E-state index contributed by atoms with van der Waals surface area (Å²) in [6, 6.07) is 0. The molecule has 0 radical (unpaired) electrons. The predicted octanol–water partition coefficient (Wildman–Crippen LogP) is 1.32. The van der Waals surface area contributed by atoms with E-state index in [2.05, 4.69) is 12.2 Å². The van der Waals surface area contributed by atoms with E-state index in [1.165, 1.54) is 12.8 Å². The fourth-order valence-corrected chi connectivity index (χ4v) is 2.70. The minimum absolute atomic E-state index is 0.170. The molecule has 1 aliphatic carbocycles. The van der Waals surface area contributed by atoms with Crippen molar-refractivity contribution < 1.29 is 14.6 Å². The second kappa shape index (κ2) is 6.85. The predicted molar refractivity (Wildman–Crippen MR) is 70.6 cm³/mol. The molecule has 1 heterocycles. The molecular weight excluding hydrogens is 230 g/mol. The molecule has 2 rings (SSSR count). The third-order valence-electron chi connectivity index (χ3n) is 4.06. The van der Waals surface area contributed by atoms with Gasteiger partial charge in [0, 0.05) is 6.61 Å². The van der Waals surface area contributed by atoms with Gasteiger partial charge in [-0.05, 0) is 44.6 Å². The molecule has 0 bridgehead atoms. The van der Waals surface area contributed by atoms with E-state index in [0.717, 1.165) is 32.4 Å². The van der Waals surface area contributed by atoms with Gasteiger partial charge in [0.05, 0.1) is 31.5 Å². The highest BCUT2D eigenvalue weighted by Crippen LogP contribution is 2.39. The van der Waals surface area contributed by atoms with E-state index >= 15 is 0 Å². The van der Waals surface area contributed by atoms with Crippen LogP contribution in [-0.4, -0.2) is 49.7 Å². The first-order chi connectivity index (χ1) is 8.80. The summed E-state index contributed by atoms with van der Waals surface area (Å²) in [5, 5.41) is 13.2. The van der Waals surface area contributed by atoms with Gasteiger partial charge in [-0.15, -0.1) is 0 Å². The molecule has 0 amide bonds. The first-order valence-corrected chi connectivity index (χ1v) is 7.36. The van der Waals surface area contributed by atoms with Crippen molar-refractivity contribution >= 4 is 0 Å². The normalized spacial score (nSPS) is 27.3. The maximum atomic E-state index is 9.73. The molecule has 0 aromatic heterocycles. The van der Waals surface area contributed by atoms with E-state index in [0.29, 0.717) is 19.1 Å². The Balaban J connectivity index is 1.76. The lowest BCUT2D eigenvalue weighted by Gasteiger charge is -2.33. The van der Waals surface area contributed by atoms with E-state index < -0.39 is 0 Å². The van der Waals surface area contributed by atoms with Crippen molar-refractivity contribution in [2.75, 3.05) is 33.0 Å². The smallest absolute Gasteiger partial charge is 0.0809 e. The first kappa shape index (κ1) is 14.3. The molecule has 106 valence electrons. The van der Waals surface area contributed by atoms with Gasteiger partial charge in [0.25, 0.3) is 0 Å². The SMILES string of the molecule is CCCNC(CO)(COCC1CCCO1)C1CC1. The summed E-state index contributed by atoms with van der Waals surface area (Å²) in [5.74, 6) is 0.582. The van der Waals surface area contributed by atoms with E-state index in [1.807, 2.05) is 0 Å². The van der Waals surface area contributed by atoms with Gasteiger partial charge in [0.1, 0.15) is 0 Å². The number of hydrogen-bond acceptors (Lipinski definition) is 4. The maximum absolute atomic E-state index is 9.73. The standard InChI is InChI=1S/C14H27NO3/c1-2-7-15-14(10-16,12-5-6-12)11-17-9-13-4-3-8-18-13/h12-13,15-16H,2-11H2,1H3. The summed E-state index contributed by atoms with van der Waals surface area (Å²) in [7, 11) is 0. The molecule has 2 aliphatic rings. The Kier molecular flexibility index (Phi) is 5.42. The van der Waals surface area contributed by atoms with E-state index in [1.54, 1.807) is 0 Å². The average Bonchev–Trinajstić information content (AvgIpc) is 3.12. The molecule has 4 heteroatoms. The van der Waals surface area contributed by atoms with Crippen LogP contribution in [0, 0.1) is 5.92 Å². The zero-order valence-electron chi connectivity index (χ0n) is 11.5. The minimum Gasteiger partial charge on any atom is -0.394 e. The van der Waals surface area contributed by atoms with Crippen molar-refractivity contribution in [1.29, 1.82) is 0 Å². The van der Waals surface area contributed by atoms with Crippen molar-refractivity contribution in [2.24, 2.45) is 5.92 Å². The molecular formula is C14H27NO3. The van der Waals surface area contributed by atoms with Gasteiger partial charge in [0.2, 0.25) is 0 Å². The number of nitrogens with one attached hydrogen (secondary N) is 1. The lowest BCUT2D eigenvalue weighted by molar-refractivity contribution is -0.0233. The van der Waals surface area contributed by atoms with Crippen LogP contribution >= 0.6 is 0 Å². The molecule has 2 N–H and O–H groups in total. The second-order valence-corrected chi connectivity index (χ2v) is 5.67. The second-order valence-electron chi connectivity index (χ2n) is 5.67. The molecule has 2 unspecified atom stereocenters. The van der Waals surface area contributed by atoms with Crippen molar-refractivity contribution in [1.82, 2.24) is 5.32 Å². The van der Waals surface area contributed by atoms with Crippen molar-refractivity contribution in [3.63, 3.8) is 0 Å². The third kappa shape index (κ3) is 3.67. The van der Waals surface area contributed by atoms with Crippen molar-refractivity contribution in [3.8, 4) is 0 Å². The molecule has 2 atom stereocenters. The number of rotatable bonds is 9. The number of aliphatic hydroxyl groups excluding tert-OH is 1. The largest absolute Gasteiger partial charge is 0.394 e. The van der Waals surface area contributed by atoms with Crippen molar-refractivity contribution in [3.05, 3.63) is 0 Å². The topological polar surface area (TPSA) is 50.7 Å². The first-order valence-electron chi connectivity index (χ1n) is 7.36. The Morgan fingerprint density at radius 2 is 2.22 bits per heavy atom. The highest BCUT2D eigenvalue weighted by atomic mass is 16.5. The maximum Gasteiger partial charge on any atom is 0.0809 e. The van der Waals surface area contributed by atoms with E-state index in [4.69, 9.17) is 9.47 Å². The minimum atomic E-state index is -0.214. The molecule has 0 aromatic carbocycles. The Morgan fingerprint density at radius 1 is 1.39 bits per heavy atom. The molecule has 1 aliphatic heterocycles. The van der Waals surface area contributed by atoms with Crippen LogP contribution in [-0.2, 0) is 9.47 Å². The van der Waals surface area contributed by atoms with Crippen LogP contribution in [0.3, 0.4) is 0 Å². The molecule has 1 saturated carbocycles. The van der Waals surface area contributed by atoms with Crippen LogP contribution in [0.25, 0.3) is 0 Å². The van der Waals surface area contributed by atoms with Crippen LogP contribution in [0.5, 0.6) is 0 Å². The summed E-state index contributed by atoms with van der Waals surface area (Å²) in [6.45, 7) is 5.41. The fraction of sp³-hybridized carbons (Fsp3) is 1.00. The highest BCUT2D eigenvalue weighted by molar-refractivity contribution is 5.01. The summed E-state index contributed by atoms with van der Waals surface area (Å²) in [5.41, 5.74) is -0.214. The third-order valence-corrected chi connectivity index (χ3v) is 4.06. The Bertz CT molecular complexity index is 239. The number of aliphatic hydroxyl groups is 1. The molecule has 18 heavy (non-hydrogen) atoms. The lowest BCUT2D eigenvalue weighted by Crippen LogP contribution is -2.54. The summed E-state index contributed by atoms with van der Waals surface area (Å²) in [4.78, 5) is 0. The summed E-state index contributed by atoms with van der Waals surface area (Å²) in [6.07, 6.45) is 6.03. The average molecular weight is 257 g/mol. The van der Waals surface area contributed by atoms with Gasteiger partial charge in [0.15, 0.2) is 0 Å².